The molecule has 1 heterocycles. The molecule has 154 valence electrons. The molecule has 0 spiro atoms. The number of nitrogens with one attached hydrogen (secondary N) is 1. The molecule has 1 aliphatic heterocycles. The van der Waals surface area contributed by atoms with Crippen molar-refractivity contribution in [1.82, 2.24) is 15.1 Å². The number of benzene rings is 2. The van der Waals surface area contributed by atoms with Crippen LogP contribution >= 0.6 is 0 Å². The van der Waals surface area contributed by atoms with Crippen molar-refractivity contribution in [3.63, 3.8) is 0 Å². The number of phenolic OH excluding ortho intramolecular Hbond substituents is 1. The predicted octanol–water partition coefficient (Wildman–Crippen LogP) is 1.99. The summed E-state index contributed by atoms with van der Waals surface area (Å²) in [4.78, 5) is 22.4. The van der Waals surface area contributed by atoms with Crippen LogP contribution in [-0.4, -0.2) is 74.1 Å². The maximum atomic E-state index is 12.0. The van der Waals surface area contributed by atoms with Crippen molar-refractivity contribution in [2.45, 2.75) is 6.54 Å². The zero-order chi connectivity index (χ0) is 20.8. The van der Waals surface area contributed by atoms with Gasteiger partial charge < -0.3 is 25.1 Å². The van der Waals surface area contributed by atoms with Crippen LogP contribution in [0.5, 0.6) is 5.75 Å². The number of piperazine rings is 1. The fraction of sp³-hybridized carbons (Fsp3) is 0.364. The molecule has 0 aromatic heterocycles. The number of amides is 1. The minimum absolute atomic E-state index is 0.00245. The number of aliphatic imine (C=N–C) groups is 1. The van der Waals surface area contributed by atoms with Gasteiger partial charge in [0.05, 0.1) is 5.69 Å². The highest BCUT2D eigenvalue weighted by molar-refractivity contribution is 5.93. The number of carbonyl (C=O) groups excluding carboxylic acids is 1. The van der Waals surface area contributed by atoms with Crippen molar-refractivity contribution in [1.29, 1.82) is 0 Å². The molecule has 1 fully saturated rings. The Bertz CT molecular complexity index is 856. The van der Waals surface area contributed by atoms with E-state index in [-0.39, 0.29) is 5.91 Å². The number of hydrogen-bond donors (Lipinski definition) is 2. The normalized spacial score (nSPS) is 14.7. The highest BCUT2D eigenvalue weighted by atomic mass is 16.3. The Morgan fingerprint density at radius 2 is 1.72 bits per heavy atom. The Balaban J connectivity index is 1.54. The van der Waals surface area contributed by atoms with Gasteiger partial charge in [0.1, 0.15) is 5.75 Å². The van der Waals surface area contributed by atoms with Crippen LogP contribution < -0.4 is 10.2 Å². The van der Waals surface area contributed by atoms with Crippen LogP contribution in [0.25, 0.3) is 0 Å². The number of aromatic hydroxyl groups is 1. The molecule has 2 N–H and O–H groups in total. The minimum atomic E-state index is 0.00245. The third-order valence-corrected chi connectivity index (χ3v) is 5.07. The van der Waals surface area contributed by atoms with Crippen molar-refractivity contribution in [3.8, 4) is 5.75 Å². The Labute approximate surface area is 172 Å². The lowest BCUT2D eigenvalue weighted by Gasteiger charge is -2.37. The summed E-state index contributed by atoms with van der Waals surface area (Å²) in [6.07, 6.45) is 0. The molecule has 0 radical (unpaired) electrons. The quantitative estimate of drug-likeness (QED) is 0.612. The maximum Gasteiger partial charge on any atom is 0.253 e. The standard InChI is InChI=1S/C22H29N5O2/c1-23-22(24-16-17-8-10-18(11-9-17)21(29)25(2)3)27-14-12-26(13-15-27)19-6-4-5-7-20(19)28/h4-11,28H,12-16H2,1-3H3,(H,23,24). The first-order chi connectivity index (χ1) is 14.0. The van der Waals surface area contributed by atoms with Crippen LogP contribution in [0.1, 0.15) is 15.9 Å². The first-order valence-electron chi connectivity index (χ1n) is 9.78. The third kappa shape index (κ3) is 4.99. The fourth-order valence-electron chi connectivity index (χ4n) is 3.43. The Hall–Kier alpha value is -3.22. The van der Waals surface area contributed by atoms with E-state index >= 15 is 0 Å². The van der Waals surface area contributed by atoms with Crippen LogP contribution in [0.2, 0.25) is 0 Å². The van der Waals surface area contributed by atoms with Crippen LogP contribution in [0.3, 0.4) is 0 Å². The van der Waals surface area contributed by atoms with Gasteiger partial charge in [-0.1, -0.05) is 24.3 Å². The van der Waals surface area contributed by atoms with Crippen molar-refractivity contribution >= 4 is 17.6 Å². The van der Waals surface area contributed by atoms with Gasteiger partial charge in [-0.15, -0.1) is 0 Å². The van der Waals surface area contributed by atoms with Gasteiger partial charge in [0.15, 0.2) is 5.96 Å². The van der Waals surface area contributed by atoms with Gasteiger partial charge in [-0.05, 0) is 29.8 Å². The minimum Gasteiger partial charge on any atom is -0.506 e. The average molecular weight is 396 g/mol. The van der Waals surface area contributed by atoms with E-state index in [9.17, 15) is 9.90 Å². The lowest BCUT2D eigenvalue weighted by atomic mass is 10.1. The number of anilines is 1. The molecule has 2 aromatic rings. The van der Waals surface area contributed by atoms with E-state index in [1.165, 1.54) is 0 Å². The van der Waals surface area contributed by atoms with Gasteiger partial charge in [0.2, 0.25) is 0 Å². The van der Waals surface area contributed by atoms with Crippen molar-refractivity contribution in [3.05, 3.63) is 59.7 Å². The SMILES string of the molecule is CN=C(NCc1ccc(C(=O)N(C)C)cc1)N1CCN(c2ccccc2O)CC1. The van der Waals surface area contributed by atoms with E-state index in [2.05, 4.69) is 20.1 Å². The molecule has 0 atom stereocenters. The van der Waals surface area contributed by atoms with Crippen molar-refractivity contribution in [2.24, 2.45) is 4.99 Å². The van der Waals surface area contributed by atoms with Crippen LogP contribution in [-0.2, 0) is 6.54 Å². The molecular weight excluding hydrogens is 366 g/mol. The number of rotatable bonds is 4. The summed E-state index contributed by atoms with van der Waals surface area (Å²) in [6.45, 7) is 3.93. The van der Waals surface area contributed by atoms with E-state index < -0.39 is 0 Å². The van der Waals surface area contributed by atoms with Gasteiger partial charge in [-0.25, -0.2) is 0 Å². The van der Waals surface area contributed by atoms with Gasteiger partial charge in [0.25, 0.3) is 5.91 Å². The molecular formula is C22H29N5O2. The molecule has 1 saturated heterocycles. The van der Waals surface area contributed by atoms with Gasteiger partial charge in [-0.3, -0.25) is 9.79 Å². The number of phenols is 1. The molecule has 0 saturated carbocycles. The first kappa shape index (κ1) is 20.5. The summed E-state index contributed by atoms with van der Waals surface area (Å²) >= 11 is 0. The van der Waals surface area contributed by atoms with Gasteiger partial charge >= 0.3 is 0 Å². The monoisotopic (exact) mass is 395 g/mol. The Morgan fingerprint density at radius 3 is 2.31 bits per heavy atom. The molecule has 29 heavy (non-hydrogen) atoms. The zero-order valence-corrected chi connectivity index (χ0v) is 17.3. The maximum absolute atomic E-state index is 12.0. The summed E-state index contributed by atoms with van der Waals surface area (Å²) in [5.41, 5.74) is 2.65. The van der Waals surface area contributed by atoms with Crippen molar-refractivity contribution < 1.29 is 9.90 Å². The zero-order valence-electron chi connectivity index (χ0n) is 17.3. The molecule has 2 aromatic carbocycles. The van der Waals surface area contributed by atoms with Crippen LogP contribution in [0.15, 0.2) is 53.5 Å². The molecule has 1 aliphatic rings. The summed E-state index contributed by atoms with van der Waals surface area (Å²) in [5, 5.41) is 13.5. The average Bonchev–Trinajstić information content (AvgIpc) is 2.75. The Morgan fingerprint density at radius 1 is 1.07 bits per heavy atom. The summed E-state index contributed by atoms with van der Waals surface area (Å²) in [5.74, 6) is 1.18. The molecule has 1 amide bonds. The van der Waals surface area contributed by atoms with E-state index in [1.807, 2.05) is 42.5 Å². The first-order valence-corrected chi connectivity index (χ1v) is 9.78. The van der Waals surface area contributed by atoms with E-state index in [4.69, 9.17) is 0 Å². The van der Waals surface area contributed by atoms with E-state index in [0.29, 0.717) is 17.9 Å². The molecule has 7 nitrogen and oxygen atoms in total. The highest BCUT2D eigenvalue weighted by Gasteiger charge is 2.21. The molecule has 3 rings (SSSR count). The van der Waals surface area contributed by atoms with Crippen molar-refractivity contribution in [2.75, 3.05) is 52.2 Å². The fourth-order valence-corrected chi connectivity index (χ4v) is 3.43. The summed E-state index contributed by atoms with van der Waals surface area (Å²) in [7, 11) is 5.29. The Kier molecular flexibility index (Phi) is 6.59. The van der Waals surface area contributed by atoms with Gasteiger partial charge in [0, 0.05) is 59.4 Å². The third-order valence-electron chi connectivity index (χ3n) is 5.07. The van der Waals surface area contributed by atoms with E-state index in [0.717, 1.165) is 43.4 Å². The lowest BCUT2D eigenvalue weighted by Crippen LogP contribution is -2.52. The summed E-state index contributed by atoms with van der Waals surface area (Å²) in [6, 6.07) is 15.1. The smallest absolute Gasteiger partial charge is 0.253 e. The lowest BCUT2D eigenvalue weighted by molar-refractivity contribution is 0.0827. The number of para-hydroxylation sites is 2. The molecule has 7 heteroatoms. The number of hydrogen-bond acceptors (Lipinski definition) is 4. The second kappa shape index (κ2) is 9.32. The molecule has 0 unspecified atom stereocenters. The molecule has 0 bridgehead atoms. The largest absolute Gasteiger partial charge is 0.506 e. The van der Waals surface area contributed by atoms with E-state index in [1.54, 1.807) is 32.1 Å². The number of nitrogens with zero attached hydrogens (tertiary/aromatic N) is 4. The van der Waals surface area contributed by atoms with Crippen LogP contribution in [0, 0.1) is 0 Å². The second-order valence-electron chi connectivity index (χ2n) is 7.26. The number of guanidine groups is 1. The highest BCUT2D eigenvalue weighted by Crippen LogP contribution is 2.27. The topological polar surface area (TPSA) is 71.4 Å². The summed E-state index contributed by atoms with van der Waals surface area (Å²) < 4.78 is 0. The predicted molar refractivity (Wildman–Crippen MR) is 117 cm³/mol. The van der Waals surface area contributed by atoms with Crippen LogP contribution in [0.4, 0.5) is 5.69 Å². The van der Waals surface area contributed by atoms with Gasteiger partial charge in [-0.2, -0.15) is 0 Å². The second-order valence-corrected chi connectivity index (χ2v) is 7.26. The molecule has 0 aliphatic carbocycles. The number of carbonyl (C=O) groups is 1.